The van der Waals surface area contributed by atoms with E-state index in [4.69, 9.17) is 0 Å². The minimum Gasteiger partial charge on any atom is -0.479 e. The monoisotopic (exact) mass is 226 g/mol. The third-order valence-electron chi connectivity index (χ3n) is 3.54. The van der Waals surface area contributed by atoms with Crippen molar-refractivity contribution < 1.29 is 14.7 Å². The van der Waals surface area contributed by atoms with E-state index in [1.54, 1.807) is 4.90 Å². The number of rotatable bonds is 3. The van der Waals surface area contributed by atoms with Crippen molar-refractivity contribution in [2.45, 2.75) is 44.2 Å². The first-order valence-electron chi connectivity index (χ1n) is 5.82. The molecular formula is C11H18N2O3. The SMILES string of the molecule is CC(=O)N(C1CC1)C1(C(=O)O)CCNCC1. The van der Waals surface area contributed by atoms with Gasteiger partial charge in [-0.1, -0.05) is 0 Å². The summed E-state index contributed by atoms with van der Waals surface area (Å²) in [5.74, 6) is -0.956. The summed E-state index contributed by atoms with van der Waals surface area (Å²) in [6, 6.07) is 0.159. The van der Waals surface area contributed by atoms with Crippen LogP contribution in [-0.2, 0) is 9.59 Å². The molecule has 5 heteroatoms. The molecule has 0 atom stereocenters. The van der Waals surface area contributed by atoms with E-state index in [1.807, 2.05) is 0 Å². The summed E-state index contributed by atoms with van der Waals surface area (Å²) in [6.07, 6.45) is 2.92. The minimum atomic E-state index is -0.960. The number of hydrogen-bond donors (Lipinski definition) is 2. The number of nitrogens with zero attached hydrogens (tertiary/aromatic N) is 1. The number of aliphatic carboxylic acids is 1. The van der Waals surface area contributed by atoms with Crippen molar-refractivity contribution in [1.29, 1.82) is 0 Å². The van der Waals surface area contributed by atoms with E-state index in [0.29, 0.717) is 25.9 Å². The molecule has 0 bridgehead atoms. The minimum absolute atomic E-state index is 0.105. The number of carboxylic acids is 1. The summed E-state index contributed by atoms with van der Waals surface area (Å²) >= 11 is 0. The van der Waals surface area contributed by atoms with E-state index in [-0.39, 0.29) is 11.9 Å². The Labute approximate surface area is 94.8 Å². The van der Waals surface area contributed by atoms with Crippen molar-refractivity contribution in [1.82, 2.24) is 10.2 Å². The van der Waals surface area contributed by atoms with Crippen molar-refractivity contribution in [2.75, 3.05) is 13.1 Å². The number of amides is 1. The molecule has 2 fully saturated rings. The average molecular weight is 226 g/mol. The van der Waals surface area contributed by atoms with Crippen molar-refractivity contribution in [3.05, 3.63) is 0 Å². The van der Waals surface area contributed by atoms with Gasteiger partial charge in [0.2, 0.25) is 5.91 Å². The summed E-state index contributed by atoms with van der Waals surface area (Å²) < 4.78 is 0. The zero-order valence-corrected chi connectivity index (χ0v) is 9.53. The number of hydrogen-bond acceptors (Lipinski definition) is 3. The number of carbonyl (C=O) groups is 2. The van der Waals surface area contributed by atoms with E-state index in [0.717, 1.165) is 12.8 Å². The molecule has 16 heavy (non-hydrogen) atoms. The van der Waals surface area contributed by atoms with E-state index >= 15 is 0 Å². The summed E-state index contributed by atoms with van der Waals surface area (Å²) in [6.45, 7) is 2.82. The molecular weight excluding hydrogens is 208 g/mol. The Bertz CT molecular complexity index is 306. The lowest BCUT2D eigenvalue weighted by atomic mass is 9.86. The molecule has 0 radical (unpaired) electrons. The Morgan fingerprint density at radius 2 is 1.88 bits per heavy atom. The van der Waals surface area contributed by atoms with Crippen molar-refractivity contribution in [3.63, 3.8) is 0 Å². The smallest absolute Gasteiger partial charge is 0.329 e. The van der Waals surface area contributed by atoms with Crippen LogP contribution in [0.25, 0.3) is 0 Å². The summed E-state index contributed by atoms with van der Waals surface area (Å²) in [5, 5.41) is 12.6. The number of piperidine rings is 1. The van der Waals surface area contributed by atoms with Gasteiger partial charge in [0.05, 0.1) is 0 Å². The molecule has 1 amide bonds. The summed E-state index contributed by atoms with van der Waals surface area (Å²) in [5.41, 5.74) is -0.960. The molecule has 1 aliphatic heterocycles. The molecule has 1 saturated carbocycles. The Kier molecular flexibility index (Phi) is 2.88. The van der Waals surface area contributed by atoms with Crippen molar-refractivity contribution >= 4 is 11.9 Å². The van der Waals surface area contributed by atoms with Crippen LogP contribution in [-0.4, -0.2) is 46.6 Å². The lowest BCUT2D eigenvalue weighted by molar-refractivity contribution is -0.161. The standard InChI is InChI=1S/C11H18N2O3/c1-8(14)13(9-2-3-9)11(10(15)16)4-6-12-7-5-11/h9,12H,2-7H2,1H3,(H,15,16). The summed E-state index contributed by atoms with van der Waals surface area (Å²) in [7, 11) is 0. The van der Waals surface area contributed by atoms with Gasteiger partial charge in [0.15, 0.2) is 0 Å². The molecule has 0 aromatic carbocycles. The fourth-order valence-electron chi connectivity index (χ4n) is 2.64. The van der Waals surface area contributed by atoms with Crippen LogP contribution < -0.4 is 5.32 Å². The largest absolute Gasteiger partial charge is 0.479 e. The third kappa shape index (κ3) is 1.80. The van der Waals surface area contributed by atoms with Gasteiger partial charge in [-0.15, -0.1) is 0 Å². The van der Waals surface area contributed by atoms with Crippen LogP contribution in [0.4, 0.5) is 0 Å². The van der Waals surface area contributed by atoms with Gasteiger partial charge in [-0.2, -0.15) is 0 Å². The summed E-state index contributed by atoms with van der Waals surface area (Å²) in [4.78, 5) is 24.8. The maximum absolute atomic E-state index is 11.7. The second-order valence-corrected chi connectivity index (χ2v) is 4.71. The highest BCUT2D eigenvalue weighted by molar-refractivity contribution is 5.86. The van der Waals surface area contributed by atoms with Crippen LogP contribution in [0.15, 0.2) is 0 Å². The molecule has 2 N–H and O–H groups in total. The van der Waals surface area contributed by atoms with Gasteiger partial charge in [-0.3, -0.25) is 4.79 Å². The first-order valence-corrected chi connectivity index (χ1v) is 5.82. The highest BCUT2D eigenvalue weighted by Crippen LogP contribution is 2.37. The van der Waals surface area contributed by atoms with Gasteiger partial charge < -0.3 is 15.3 Å². The van der Waals surface area contributed by atoms with Crippen LogP contribution in [0.1, 0.15) is 32.6 Å². The normalized spacial score (nSPS) is 23.8. The zero-order chi connectivity index (χ0) is 11.8. The van der Waals surface area contributed by atoms with Gasteiger partial charge in [0.25, 0.3) is 0 Å². The fourth-order valence-corrected chi connectivity index (χ4v) is 2.64. The zero-order valence-electron chi connectivity index (χ0n) is 9.53. The fraction of sp³-hybridized carbons (Fsp3) is 0.818. The predicted molar refractivity (Wildman–Crippen MR) is 58.0 cm³/mol. The van der Waals surface area contributed by atoms with Gasteiger partial charge in [0.1, 0.15) is 5.54 Å². The van der Waals surface area contributed by atoms with Crippen LogP contribution in [0.2, 0.25) is 0 Å². The van der Waals surface area contributed by atoms with E-state index in [2.05, 4.69) is 5.32 Å². The van der Waals surface area contributed by atoms with Crippen molar-refractivity contribution in [2.24, 2.45) is 0 Å². The Balaban J connectivity index is 2.28. The number of carbonyl (C=O) groups excluding carboxylic acids is 1. The Morgan fingerprint density at radius 3 is 2.25 bits per heavy atom. The van der Waals surface area contributed by atoms with E-state index in [9.17, 15) is 14.7 Å². The molecule has 1 heterocycles. The molecule has 90 valence electrons. The molecule has 1 saturated heterocycles. The molecule has 5 nitrogen and oxygen atoms in total. The van der Waals surface area contributed by atoms with Crippen LogP contribution in [0.5, 0.6) is 0 Å². The quantitative estimate of drug-likeness (QED) is 0.721. The Morgan fingerprint density at radius 1 is 1.31 bits per heavy atom. The lowest BCUT2D eigenvalue weighted by Gasteiger charge is -2.43. The maximum Gasteiger partial charge on any atom is 0.329 e. The van der Waals surface area contributed by atoms with Gasteiger partial charge in [0, 0.05) is 13.0 Å². The molecule has 0 unspecified atom stereocenters. The highest BCUT2D eigenvalue weighted by atomic mass is 16.4. The van der Waals surface area contributed by atoms with Gasteiger partial charge >= 0.3 is 5.97 Å². The first kappa shape index (κ1) is 11.4. The topological polar surface area (TPSA) is 69.6 Å². The third-order valence-corrected chi connectivity index (χ3v) is 3.54. The van der Waals surface area contributed by atoms with E-state index in [1.165, 1.54) is 6.92 Å². The number of carboxylic acid groups (broad SMARTS) is 1. The lowest BCUT2D eigenvalue weighted by Crippen LogP contribution is -2.61. The van der Waals surface area contributed by atoms with Crippen LogP contribution in [0, 0.1) is 0 Å². The molecule has 0 spiro atoms. The molecule has 0 aromatic rings. The average Bonchev–Trinajstić information content (AvgIpc) is 3.03. The predicted octanol–water partition coefficient (Wildman–Crippen LogP) is 0.204. The molecule has 2 aliphatic rings. The Hall–Kier alpha value is -1.10. The van der Waals surface area contributed by atoms with Crippen molar-refractivity contribution in [3.8, 4) is 0 Å². The van der Waals surface area contributed by atoms with Gasteiger partial charge in [-0.25, -0.2) is 4.79 Å². The molecule has 0 aromatic heterocycles. The van der Waals surface area contributed by atoms with Crippen LogP contribution >= 0.6 is 0 Å². The maximum atomic E-state index is 11.7. The van der Waals surface area contributed by atoms with Gasteiger partial charge in [-0.05, 0) is 38.8 Å². The second kappa shape index (κ2) is 4.05. The van der Waals surface area contributed by atoms with E-state index < -0.39 is 11.5 Å². The van der Waals surface area contributed by atoms with Crippen LogP contribution in [0.3, 0.4) is 0 Å². The molecule has 2 rings (SSSR count). The number of nitrogens with one attached hydrogen (secondary N) is 1. The first-order chi connectivity index (χ1) is 7.58. The second-order valence-electron chi connectivity index (χ2n) is 4.71. The highest BCUT2D eigenvalue weighted by Gasteiger charge is 2.51. The molecule has 1 aliphatic carbocycles.